The van der Waals surface area contributed by atoms with Crippen molar-refractivity contribution < 1.29 is 46.5 Å². The zero-order chi connectivity index (χ0) is 35.2. The molecule has 0 radical (unpaired) electrons. The molecule has 0 amide bonds. The number of carbonyl (C=O) groups is 3. The van der Waals surface area contributed by atoms with E-state index in [-0.39, 0.29) is 27.3 Å². The van der Waals surface area contributed by atoms with E-state index in [1.165, 1.54) is 48.5 Å². The molecule has 0 N–H and O–H groups in total. The molecule has 0 saturated carbocycles. The lowest BCUT2D eigenvalue weighted by molar-refractivity contribution is -0.139. The van der Waals surface area contributed by atoms with E-state index in [0.29, 0.717) is 48.0 Å². The van der Waals surface area contributed by atoms with Gasteiger partial charge in [-0.25, -0.2) is 22.8 Å². The fraction of sp³-hybridized carbons (Fsp3) is 0.237. The van der Waals surface area contributed by atoms with Gasteiger partial charge in [-0.15, -0.1) is 0 Å². The Morgan fingerprint density at radius 3 is 1.41 bits per heavy atom. The fourth-order valence-electron chi connectivity index (χ4n) is 4.42. The fourth-order valence-corrected chi connectivity index (χ4v) is 5.68. The highest BCUT2D eigenvalue weighted by Crippen LogP contribution is 2.26. The number of hydrogen-bond acceptors (Lipinski definition) is 10. The molecule has 49 heavy (non-hydrogen) atoms. The van der Waals surface area contributed by atoms with Crippen LogP contribution in [0.2, 0.25) is 0 Å². The summed E-state index contributed by atoms with van der Waals surface area (Å²) in [5, 5.41) is 0. The van der Waals surface area contributed by atoms with E-state index in [1.807, 2.05) is 6.92 Å². The number of ether oxygens (including phenoxy) is 5. The average molecular weight is 687 g/mol. The molecule has 4 rings (SSSR count). The Kier molecular flexibility index (Phi) is 13.1. The van der Waals surface area contributed by atoms with Crippen LogP contribution in [0.25, 0.3) is 0 Å². The van der Waals surface area contributed by atoms with Crippen LogP contribution in [0.1, 0.15) is 60.2 Å². The summed E-state index contributed by atoms with van der Waals surface area (Å²) >= 11 is 0. The molecule has 0 bridgehead atoms. The highest BCUT2D eigenvalue weighted by atomic mass is 32.2. The minimum atomic E-state index is -3.90. The second-order valence-corrected chi connectivity index (χ2v) is 12.8. The van der Waals surface area contributed by atoms with Crippen LogP contribution in [0.3, 0.4) is 0 Å². The second kappa shape index (κ2) is 17.7. The van der Waals surface area contributed by atoms with Crippen LogP contribution in [0.5, 0.6) is 23.0 Å². The molecule has 0 spiro atoms. The van der Waals surface area contributed by atoms with Gasteiger partial charge in [-0.2, -0.15) is 0 Å². The monoisotopic (exact) mass is 686 g/mol. The van der Waals surface area contributed by atoms with Crippen molar-refractivity contribution in [1.82, 2.24) is 0 Å². The van der Waals surface area contributed by atoms with Crippen LogP contribution >= 0.6 is 0 Å². The van der Waals surface area contributed by atoms with E-state index in [0.717, 1.165) is 25.7 Å². The third kappa shape index (κ3) is 10.8. The summed E-state index contributed by atoms with van der Waals surface area (Å²) in [6, 6.07) is 24.0. The number of carbonyl (C=O) groups excluding carboxylic acids is 3. The maximum atomic E-state index is 13.2. The minimum Gasteiger partial charge on any atom is -0.494 e. The molecule has 10 nitrogen and oxygen atoms in total. The largest absolute Gasteiger partial charge is 0.494 e. The molecule has 0 saturated heterocycles. The van der Waals surface area contributed by atoms with Gasteiger partial charge < -0.3 is 23.7 Å². The highest BCUT2D eigenvalue weighted by molar-refractivity contribution is 7.91. The highest BCUT2D eigenvalue weighted by Gasteiger charge is 2.19. The van der Waals surface area contributed by atoms with E-state index in [1.54, 1.807) is 55.5 Å². The number of esters is 3. The normalized spacial score (nSPS) is 10.9. The Hall–Kier alpha value is -5.42. The summed E-state index contributed by atoms with van der Waals surface area (Å²) in [5.74, 6) is 0.0405. The summed E-state index contributed by atoms with van der Waals surface area (Å²) in [5.41, 5.74) is 1.01. The third-order valence-corrected chi connectivity index (χ3v) is 8.85. The van der Waals surface area contributed by atoms with Crippen molar-refractivity contribution in [2.75, 3.05) is 19.8 Å². The van der Waals surface area contributed by atoms with Gasteiger partial charge in [0.15, 0.2) is 0 Å². The van der Waals surface area contributed by atoms with Crippen molar-refractivity contribution in [3.05, 3.63) is 120 Å². The van der Waals surface area contributed by atoms with Crippen molar-refractivity contribution in [2.24, 2.45) is 0 Å². The molecule has 0 heterocycles. The van der Waals surface area contributed by atoms with Crippen LogP contribution in [0.15, 0.2) is 119 Å². The van der Waals surface area contributed by atoms with Gasteiger partial charge in [-0.3, -0.25) is 0 Å². The van der Waals surface area contributed by atoms with Crippen molar-refractivity contribution in [2.45, 2.75) is 49.3 Å². The molecule has 0 aromatic heterocycles. The predicted octanol–water partition coefficient (Wildman–Crippen LogP) is 7.42. The van der Waals surface area contributed by atoms with Crippen molar-refractivity contribution in [1.29, 1.82) is 0 Å². The number of rotatable bonds is 17. The summed E-state index contributed by atoms with van der Waals surface area (Å²) < 4.78 is 53.4. The molecule has 0 atom stereocenters. The van der Waals surface area contributed by atoms with Crippen molar-refractivity contribution >= 4 is 27.7 Å². The average Bonchev–Trinajstić information content (AvgIpc) is 3.10. The third-order valence-electron chi connectivity index (χ3n) is 7.07. The van der Waals surface area contributed by atoms with Gasteiger partial charge in [-0.1, -0.05) is 6.58 Å². The lowest BCUT2D eigenvalue weighted by Gasteiger charge is -2.09. The van der Waals surface area contributed by atoms with Gasteiger partial charge in [-0.05, 0) is 137 Å². The van der Waals surface area contributed by atoms with Gasteiger partial charge in [0.1, 0.15) is 23.0 Å². The molecule has 256 valence electrons. The predicted molar refractivity (Wildman–Crippen MR) is 182 cm³/mol. The quantitative estimate of drug-likeness (QED) is 0.0479. The Balaban J connectivity index is 1.23. The molecule has 0 aliphatic heterocycles. The molecular formula is C38H38O10S. The first-order chi connectivity index (χ1) is 23.6. The molecule has 11 heteroatoms. The molecule has 0 fully saturated rings. The summed E-state index contributed by atoms with van der Waals surface area (Å²) in [6.07, 6.45) is 3.43. The van der Waals surface area contributed by atoms with Crippen LogP contribution in [-0.4, -0.2) is 46.1 Å². The van der Waals surface area contributed by atoms with Gasteiger partial charge in [0.2, 0.25) is 9.84 Å². The minimum absolute atomic E-state index is 0.000791. The second-order valence-electron chi connectivity index (χ2n) is 10.9. The van der Waals surface area contributed by atoms with E-state index < -0.39 is 21.8 Å². The number of unbranched alkanes of at least 4 members (excludes halogenated alkanes) is 3. The molecule has 4 aromatic carbocycles. The molecule has 0 aliphatic rings. The SMILES string of the molecule is C=C(C)C(=O)OCCCCCCOc1ccc(C(=O)Oc2ccc(S(=O)(=O)c3ccc(OC(=O)c4ccc(OCC)cc4)cc3)cc2)cc1. The number of hydrogen-bond donors (Lipinski definition) is 0. The molecule has 0 aliphatic carbocycles. The summed E-state index contributed by atoms with van der Waals surface area (Å²) in [7, 11) is -3.90. The summed E-state index contributed by atoms with van der Waals surface area (Å²) in [6.45, 7) is 8.41. The van der Waals surface area contributed by atoms with Gasteiger partial charge in [0, 0.05) is 5.57 Å². The zero-order valence-electron chi connectivity index (χ0n) is 27.4. The number of benzene rings is 4. The summed E-state index contributed by atoms with van der Waals surface area (Å²) in [4.78, 5) is 36.5. The standard InChI is InChI=1S/C38H38O10S/c1-4-44-30-13-9-28(10-14-30)37(40)47-32-17-21-34(22-18-32)49(42,43)35-23-19-33(20-24-35)48-38(41)29-11-15-31(16-12-29)45-25-7-5-6-8-26-46-36(39)27(2)3/h9-24H,2,4-8,25-26H2,1,3H3. The van der Waals surface area contributed by atoms with Crippen molar-refractivity contribution in [3.8, 4) is 23.0 Å². The van der Waals surface area contributed by atoms with Crippen LogP contribution < -0.4 is 18.9 Å². The Bertz CT molecular complexity index is 1830. The lowest BCUT2D eigenvalue weighted by Crippen LogP contribution is -2.09. The maximum Gasteiger partial charge on any atom is 0.343 e. The Morgan fingerprint density at radius 1 is 0.571 bits per heavy atom. The smallest absolute Gasteiger partial charge is 0.343 e. The Labute approximate surface area is 286 Å². The maximum absolute atomic E-state index is 13.2. The van der Waals surface area contributed by atoms with Gasteiger partial charge in [0.25, 0.3) is 0 Å². The first-order valence-corrected chi connectivity index (χ1v) is 17.2. The molecule has 4 aromatic rings. The van der Waals surface area contributed by atoms with E-state index in [9.17, 15) is 22.8 Å². The van der Waals surface area contributed by atoms with Crippen LogP contribution in [0.4, 0.5) is 0 Å². The zero-order valence-corrected chi connectivity index (χ0v) is 28.2. The van der Waals surface area contributed by atoms with Crippen LogP contribution in [0, 0.1) is 0 Å². The Morgan fingerprint density at radius 2 is 0.980 bits per heavy atom. The van der Waals surface area contributed by atoms with E-state index >= 15 is 0 Å². The first kappa shape index (κ1) is 36.4. The number of sulfone groups is 1. The lowest BCUT2D eigenvalue weighted by atomic mass is 10.2. The van der Waals surface area contributed by atoms with Crippen molar-refractivity contribution in [3.63, 3.8) is 0 Å². The molecular weight excluding hydrogens is 648 g/mol. The first-order valence-electron chi connectivity index (χ1n) is 15.7. The van der Waals surface area contributed by atoms with E-state index in [4.69, 9.17) is 23.7 Å². The van der Waals surface area contributed by atoms with E-state index in [2.05, 4.69) is 6.58 Å². The van der Waals surface area contributed by atoms with Crippen LogP contribution in [-0.2, 0) is 19.4 Å². The van der Waals surface area contributed by atoms with Gasteiger partial charge >= 0.3 is 17.9 Å². The topological polar surface area (TPSA) is 132 Å². The van der Waals surface area contributed by atoms with Gasteiger partial charge in [0.05, 0.1) is 40.7 Å². The molecule has 0 unspecified atom stereocenters.